The first-order valence-corrected chi connectivity index (χ1v) is 11.7. The van der Waals surface area contributed by atoms with Crippen molar-refractivity contribution in [1.82, 2.24) is 24.6 Å². The lowest BCUT2D eigenvalue weighted by Gasteiger charge is -2.34. The summed E-state index contributed by atoms with van der Waals surface area (Å²) in [6.45, 7) is 4.93. The van der Waals surface area contributed by atoms with Gasteiger partial charge in [-0.05, 0) is 31.7 Å². The summed E-state index contributed by atoms with van der Waals surface area (Å²) in [5.41, 5.74) is 5.08. The topological polar surface area (TPSA) is 85.9 Å². The van der Waals surface area contributed by atoms with Gasteiger partial charge in [0.1, 0.15) is 0 Å². The van der Waals surface area contributed by atoms with Crippen LogP contribution in [0.15, 0.2) is 61.1 Å². The number of likely N-dealkylation sites (N-methyl/N-ethyl adjacent to an activating group) is 1. The largest absolute Gasteiger partial charge is 0.369 e. The lowest BCUT2D eigenvalue weighted by molar-refractivity contribution is 0.313. The summed E-state index contributed by atoms with van der Waals surface area (Å²) in [5, 5.41) is 17.6. The number of unbranched alkanes of at least 4 members (excludes halogenated alkanes) is 1. The van der Waals surface area contributed by atoms with Gasteiger partial charge in [-0.15, -0.1) is 0 Å². The van der Waals surface area contributed by atoms with E-state index in [0.717, 1.165) is 66.9 Å². The van der Waals surface area contributed by atoms with E-state index < -0.39 is 0 Å². The van der Waals surface area contributed by atoms with Crippen molar-refractivity contribution in [3.05, 3.63) is 61.1 Å². The molecule has 0 amide bonds. The highest BCUT2D eigenvalue weighted by atomic mass is 15.3. The molecule has 0 bridgehead atoms. The second-order valence-electron chi connectivity index (χ2n) is 8.66. The standard InChI is InChI=1S/C26H28N8/c1-32-12-14-33(15-13-32)23-8-5-7-22(16-23)30-26-28-17-20-6-4-9-24(25(20)31-26)21-18-29-34(19-21)11-3-2-10-27/h4-9,16-19H,2-3,11-15H2,1H3,(H,28,30,31). The summed E-state index contributed by atoms with van der Waals surface area (Å²) >= 11 is 0. The van der Waals surface area contributed by atoms with Crippen LogP contribution in [0.1, 0.15) is 12.8 Å². The van der Waals surface area contributed by atoms with E-state index in [1.807, 2.05) is 41.5 Å². The number of benzene rings is 2. The Morgan fingerprint density at radius 2 is 1.91 bits per heavy atom. The van der Waals surface area contributed by atoms with E-state index in [9.17, 15) is 0 Å². The highest BCUT2D eigenvalue weighted by Crippen LogP contribution is 2.28. The van der Waals surface area contributed by atoms with Crippen LogP contribution in [0.4, 0.5) is 17.3 Å². The van der Waals surface area contributed by atoms with Gasteiger partial charge in [-0.1, -0.05) is 24.3 Å². The number of nitriles is 1. The third-order valence-corrected chi connectivity index (χ3v) is 6.20. The number of nitrogens with zero attached hydrogens (tertiary/aromatic N) is 7. The van der Waals surface area contributed by atoms with E-state index in [1.54, 1.807) is 0 Å². The molecule has 0 spiro atoms. The maximum atomic E-state index is 8.76. The predicted molar refractivity (Wildman–Crippen MR) is 135 cm³/mol. The van der Waals surface area contributed by atoms with Gasteiger partial charge in [-0.3, -0.25) is 4.68 Å². The van der Waals surface area contributed by atoms with Gasteiger partial charge in [0.15, 0.2) is 0 Å². The van der Waals surface area contributed by atoms with Crippen molar-refractivity contribution in [2.75, 3.05) is 43.4 Å². The number of hydrogen-bond donors (Lipinski definition) is 1. The fourth-order valence-corrected chi connectivity index (χ4v) is 4.27. The minimum Gasteiger partial charge on any atom is -0.369 e. The summed E-state index contributed by atoms with van der Waals surface area (Å²) in [5.74, 6) is 0.567. The van der Waals surface area contributed by atoms with Gasteiger partial charge in [0.25, 0.3) is 0 Å². The van der Waals surface area contributed by atoms with E-state index in [0.29, 0.717) is 12.4 Å². The Balaban J connectivity index is 1.38. The molecule has 8 heteroatoms. The highest BCUT2D eigenvalue weighted by Gasteiger charge is 2.15. The van der Waals surface area contributed by atoms with Gasteiger partial charge in [0.2, 0.25) is 5.95 Å². The lowest BCUT2D eigenvalue weighted by Crippen LogP contribution is -2.44. The number of aromatic nitrogens is 4. The first kappa shape index (κ1) is 21.9. The molecule has 1 N–H and O–H groups in total. The van der Waals surface area contributed by atoms with Crippen molar-refractivity contribution in [3.63, 3.8) is 0 Å². The van der Waals surface area contributed by atoms with E-state index in [4.69, 9.17) is 10.2 Å². The van der Waals surface area contributed by atoms with Gasteiger partial charge in [0, 0.05) is 79.4 Å². The molecule has 0 unspecified atom stereocenters. The quantitative estimate of drug-likeness (QED) is 0.419. The fraction of sp³-hybridized carbons (Fsp3) is 0.308. The van der Waals surface area contributed by atoms with Gasteiger partial charge in [0.05, 0.1) is 17.8 Å². The van der Waals surface area contributed by atoms with Crippen LogP contribution in [0.5, 0.6) is 0 Å². The molecule has 5 rings (SSSR count). The molecule has 0 saturated carbocycles. The van der Waals surface area contributed by atoms with Crippen molar-refractivity contribution < 1.29 is 0 Å². The summed E-state index contributed by atoms with van der Waals surface area (Å²) in [6.07, 6.45) is 7.05. The van der Waals surface area contributed by atoms with E-state index in [-0.39, 0.29) is 0 Å². The summed E-state index contributed by atoms with van der Waals surface area (Å²) in [7, 11) is 2.17. The van der Waals surface area contributed by atoms with Crippen LogP contribution in [0.3, 0.4) is 0 Å². The summed E-state index contributed by atoms with van der Waals surface area (Å²) in [4.78, 5) is 14.2. The molecule has 1 aliphatic rings. The van der Waals surface area contributed by atoms with Gasteiger partial charge in [-0.2, -0.15) is 10.4 Å². The smallest absolute Gasteiger partial charge is 0.227 e. The Morgan fingerprint density at radius 1 is 1.06 bits per heavy atom. The molecule has 1 saturated heterocycles. The minimum absolute atomic E-state index is 0.529. The highest BCUT2D eigenvalue weighted by molar-refractivity contribution is 5.93. The lowest BCUT2D eigenvalue weighted by atomic mass is 10.1. The van der Waals surface area contributed by atoms with Crippen molar-refractivity contribution in [2.45, 2.75) is 19.4 Å². The monoisotopic (exact) mass is 452 g/mol. The number of anilines is 3. The SMILES string of the molecule is CN1CCN(c2cccc(Nc3ncc4cccc(-c5cnn(CCCC#N)c5)c4n3)c2)CC1. The second kappa shape index (κ2) is 9.89. The molecule has 2 aromatic carbocycles. The number of fused-ring (bicyclic) bond motifs is 1. The zero-order valence-electron chi connectivity index (χ0n) is 19.4. The first-order valence-electron chi connectivity index (χ1n) is 11.7. The minimum atomic E-state index is 0.529. The van der Waals surface area contributed by atoms with Gasteiger partial charge < -0.3 is 15.1 Å². The number of aryl methyl sites for hydroxylation is 1. The third-order valence-electron chi connectivity index (χ3n) is 6.20. The van der Waals surface area contributed by atoms with Crippen molar-refractivity contribution in [2.24, 2.45) is 0 Å². The molecule has 4 aromatic rings. The molecule has 0 radical (unpaired) electrons. The average Bonchev–Trinajstić information content (AvgIpc) is 3.33. The molecular formula is C26H28N8. The number of hydrogen-bond acceptors (Lipinski definition) is 7. The van der Waals surface area contributed by atoms with Crippen LogP contribution in [0, 0.1) is 11.3 Å². The Kier molecular flexibility index (Phi) is 6.36. The number of para-hydroxylation sites is 1. The van der Waals surface area contributed by atoms with E-state index >= 15 is 0 Å². The maximum absolute atomic E-state index is 8.76. The molecule has 0 atom stereocenters. The fourth-order valence-electron chi connectivity index (χ4n) is 4.27. The van der Waals surface area contributed by atoms with Crippen molar-refractivity contribution in [1.29, 1.82) is 5.26 Å². The van der Waals surface area contributed by atoms with E-state index in [1.165, 1.54) is 5.69 Å². The number of rotatable bonds is 7. The normalized spacial score (nSPS) is 14.3. The zero-order chi connectivity index (χ0) is 23.3. The molecule has 172 valence electrons. The molecule has 34 heavy (non-hydrogen) atoms. The molecular weight excluding hydrogens is 424 g/mol. The van der Waals surface area contributed by atoms with Gasteiger partial charge >= 0.3 is 0 Å². The Labute approximate surface area is 199 Å². The molecule has 1 fully saturated rings. The molecule has 0 aliphatic carbocycles. The maximum Gasteiger partial charge on any atom is 0.227 e. The number of nitrogens with one attached hydrogen (secondary N) is 1. The molecule has 2 aromatic heterocycles. The van der Waals surface area contributed by atoms with Crippen LogP contribution in [0.25, 0.3) is 22.0 Å². The van der Waals surface area contributed by atoms with Crippen LogP contribution in [0.2, 0.25) is 0 Å². The predicted octanol–water partition coefficient (Wildman–Crippen LogP) is 4.29. The third kappa shape index (κ3) is 4.85. The molecule has 8 nitrogen and oxygen atoms in total. The number of piperazine rings is 1. The Hall–Kier alpha value is -3.96. The summed E-state index contributed by atoms with van der Waals surface area (Å²) in [6, 6.07) is 16.7. The Morgan fingerprint density at radius 3 is 2.76 bits per heavy atom. The van der Waals surface area contributed by atoms with Crippen LogP contribution in [-0.2, 0) is 6.54 Å². The zero-order valence-corrected chi connectivity index (χ0v) is 19.4. The van der Waals surface area contributed by atoms with Gasteiger partial charge in [-0.25, -0.2) is 9.97 Å². The molecule has 1 aliphatic heterocycles. The van der Waals surface area contributed by atoms with Crippen LogP contribution < -0.4 is 10.2 Å². The average molecular weight is 453 g/mol. The first-order chi connectivity index (χ1) is 16.7. The summed E-state index contributed by atoms with van der Waals surface area (Å²) < 4.78 is 1.88. The van der Waals surface area contributed by atoms with Crippen LogP contribution in [-0.4, -0.2) is 57.9 Å². The Bertz CT molecular complexity index is 1310. The van der Waals surface area contributed by atoms with Crippen molar-refractivity contribution in [3.8, 4) is 17.2 Å². The van der Waals surface area contributed by atoms with Crippen molar-refractivity contribution >= 4 is 28.2 Å². The molecule has 3 heterocycles. The van der Waals surface area contributed by atoms with E-state index in [2.05, 4.69) is 62.6 Å². The second-order valence-corrected chi connectivity index (χ2v) is 8.66. The van der Waals surface area contributed by atoms with Crippen LogP contribution >= 0.6 is 0 Å².